The second-order valence-electron chi connectivity index (χ2n) is 14.7. The van der Waals surface area contributed by atoms with Crippen LogP contribution < -0.4 is 0 Å². The molecule has 4 aliphatic rings. The molecular weight excluding hydrogens is 726 g/mol. The Balaban J connectivity index is 0.000000323. The number of carbonyl (C=O) groups is 4. The zero-order chi connectivity index (χ0) is 37.1. The molecule has 48 heavy (non-hydrogen) atoms. The standard InChI is InChI=1S/C9H18O4S2.3C8H15FOS/c1-14(2,13-15(3,11)12)9-7-5-4-6-8(9)10;3*1-11(2,9)8-6-4-3-5-7(8)10/h9H,4-7H2,1-3H3;3*8H,3-6H2,1-2H3. The molecule has 7 nitrogen and oxygen atoms in total. The minimum atomic E-state index is -3.47. The molecule has 288 valence electrons. The maximum Gasteiger partial charge on any atom is 0.273 e. The summed E-state index contributed by atoms with van der Waals surface area (Å²) in [5, 5.41) is -0.968. The van der Waals surface area contributed by atoms with E-state index >= 15 is 0 Å². The lowest BCUT2D eigenvalue weighted by Gasteiger charge is -2.38. The monoisotopic (exact) mass is 788 g/mol. The van der Waals surface area contributed by atoms with Gasteiger partial charge in [0.15, 0.2) is 0 Å². The van der Waals surface area contributed by atoms with Crippen molar-refractivity contribution in [2.45, 2.75) is 124 Å². The number of halogens is 3. The van der Waals surface area contributed by atoms with Gasteiger partial charge in [0.2, 0.25) is 0 Å². The smallest absolute Gasteiger partial charge is 0.273 e. The van der Waals surface area contributed by atoms with Gasteiger partial charge in [-0.15, -0.1) is 10.3 Å². The summed E-state index contributed by atoms with van der Waals surface area (Å²) in [6, 6.07) is 0. The summed E-state index contributed by atoms with van der Waals surface area (Å²) in [6.07, 6.45) is 27.4. The van der Waals surface area contributed by atoms with Gasteiger partial charge >= 0.3 is 0 Å². The van der Waals surface area contributed by atoms with Gasteiger partial charge in [-0.1, -0.05) is 56.9 Å². The van der Waals surface area contributed by atoms with Gasteiger partial charge in [0.1, 0.15) is 23.1 Å². The molecule has 4 atom stereocenters. The van der Waals surface area contributed by atoms with E-state index in [1.807, 2.05) is 0 Å². The van der Waals surface area contributed by atoms with E-state index in [1.54, 1.807) is 50.0 Å². The average molecular weight is 789 g/mol. The Morgan fingerprint density at radius 1 is 0.438 bits per heavy atom. The minimum Gasteiger partial charge on any atom is -0.298 e. The van der Waals surface area contributed by atoms with Crippen molar-refractivity contribution >= 4 is 74.8 Å². The molecule has 0 bridgehead atoms. The van der Waals surface area contributed by atoms with E-state index in [0.29, 0.717) is 25.7 Å². The van der Waals surface area contributed by atoms with E-state index in [-0.39, 0.29) is 44.1 Å². The average Bonchev–Trinajstić information content (AvgIpc) is 2.92. The molecule has 4 rings (SSSR count). The number of Topliss-reactive ketones (excluding diaryl/α,β-unsaturated/α-hetero) is 4. The van der Waals surface area contributed by atoms with Crippen LogP contribution in [0.1, 0.15) is 103 Å². The normalized spacial score (nSPS) is 27.6. The van der Waals surface area contributed by atoms with E-state index in [9.17, 15) is 39.3 Å². The molecule has 4 aliphatic carbocycles. The van der Waals surface area contributed by atoms with E-state index in [1.165, 1.54) is 0 Å². The van der Waals surface area contributed by atoms with Crippen LogP contribution in [0.2, 0.25) is 0 Å². The lowest BCUT2D eigenvalue weighted by molar-refractivity contribution is -0.120. The van der Waals surface area contributed by atoms with Gasteiger partial charge < -0.3 is 0 Å². The van der Waals surface area contributed by atoms with Gasteiger partial charge in [-0.05, 0) is 101 Å². The van der Waals surface area contributed by atoms with Crippen LogP contribution in [0.25, 0.3) is 0 Å². The molecule has 4 saturated carbocycles. The third-order valence-electron chi connectivity index (χ3n) is 9.01. The molecule has 0 heterocycles. The Kier molecular flexibility index (Phi) is 18.7. The van der Waals surface area contributed by atoms with Crippen molar-refractivity contribution in [1.29, 1.82) is 0 Å². The van der Waals surface area contributed by atoms with Crippen molar-refractivity contribution in [3.8, 4) is 0 Å². The van der Waals surface area contributed by atoms with Gasteiger partial charge in [-0.2, -0.15) is 20.1 Å². The fraction of sp³-hybridized carbons (Fsp3) is 0.879. The zero-order valence-electron chi connectivity index (χ0n) is 30.7. The highest BCUT2D eigenvalue weighted by molar-refractivity contribution is 8.33. The third kappa shape index (κ3) is 16.9. The SMILES string of the molecule is CS(C)(F)C1CCCCC1=O.CS(C)(F)C1CCCCC1=O.CS(C)(F)C1CCCCC1=O.CS(C)(OS(C)(=O)=O)C1CCCCC1=O. The topological polar surface area (TPSA) is 112 Å². The van der Waals surface area contributed by atoms with E-state index in [2.05, 4.69) is 0 Å². The van der Waals surface area contributed by atoms with Crippen molar-refractivity contribution in [3.63, 3.8) is 0 Å². The van der Waals surface area contributed by atoms with Crippen LogP contribution in [0, 0.1) is 0 Å². The summed E-state index contributed by atoms with van der Waals surface area (Å²) in [7, 11) is -11.7. The first-order valence-corrected chi connectivity index (χ1v) is 28.3. The lowest BCUT2D eigenvalue weighted by atomic mass is 9.99. The first-order valence-electron chi connectivity index (χ1n) is 16.8. The Bertz CT molecular complexity index is 1100. The highest BCUT2D eigenvalue weighted by Crippen LogP contribution is 2.53. The Hall–Kier alpha value is -0.220. The van der Waals surface area contributed by atoms with Crippen LogP contribution in [0.3, 0.4) is 0 Å². The fourth-order valence-electron chi connectivity index (χ4n) is 6.55. The first-order chi connectivity index (χ1) is 21.8. The van der Waals surface area contributed by atoms with E-state index in [0.717, 1.165) is 83.3 Å². The zero-order valence-corrected chi connectivity index (χ0v) is 34.7. The van der Waals surface area contributed by atoms with Crippen LogP contribution in [-0.4, -0.2) is 109 Å². The lowest BCUT2D eigenvalue weighted by Crippen LogP contribution is -2.31. The Labute approximate surface area is 296 Å². The van der Waals surface area contributed by atoms with Crippen LogP contribution in [0.5, 0.6) is 0 Å². The maximum atomic E-state index is 13.4. The summed E-state index contributed by atoms with van der Waals surface area (Å²) in [6.45, 7) is 0. The summed E-state index contributed by atoms with van der Waals surface area (Å²) in [5.74, 6) is 0.612. The van der Waals surface area contributed by atoms with E-state index in [4.69, 9.17) is 3.63 Å². The van der Waals surface area contributed by atoms with Crippen molar-refractivity contribution in [1.82, 2.24) is 0 Å². The molecule has 4 unspecified atom stereocenters. The molecule has 0 aromatic heterocycles. The fourth-order valence-corrected chi connectivity index (χ4v) is 15.4. The van der Waals surface area contributed by atoms with E-state index < -0.39 is 51.7 Å². The summed E-state index contributed by atoms with van der Waals surface area (Å²) < 4.78 is 67.4. The molecule has 0 radical (unpaired) electrons. The van der Waals surface area contributed by atoms with Crippen molar-refractivity contribution < 1.29 is 42.9 Å². The number of rotatable bonds is 6. The number of hydrogen-bond donors (Lipinski definition) is 0. The van der Waals surface area contributed by atoms with Gasteiger partial charge in [-0.3, -0.25) is 19.2 Å². The van der Waals surface area contributed by atoms with Crippen molar-refractivity contribution in [3.05, 3.63) is 0 Å². The molecule has 0 aliphatic heterocycles. The van der Waals surface area contributed by atoms with Gasteiger partial charge in [0.05, 0.1) is 27.3 Å². The molecular formula is C33H63F3O7S5. The predicted octanol–water partition coefficient (Wildman–Crippen LogP) is 8.79. The quantitative estimate of drug-likeness (QED) is 0.265. The molecule has 0 N–H and O–H groups in total. The molecule has 15 heteroatoms. The summed E-state index contributed by atoms with van der Waals surface area (Å²) in [4.78, 5) is 45.3. The first kappa shape index (κ1) is 45.8. The van der Waals surface area contributed by atoms with Gasteiger partial charge in [0.25, 0.3) is 10.1 Å². The van der Waals surface area contributed by atoms with Crippen LogP contribution >= 0.6 is 41.6 Å². The maximum absolute atomic E-state index is 13.4. The third-order valence-corrected chi connectivity index (χ3v) is 18.8. The van der Waals surface area contributed by atoms with Crippen LogP contribution in [0.4, 0.5) is 11.7 Å². The molecule has 0 saturated heterocycles. The Morgan fingerprint density at radius 2 is 0.667 bits per heavy atom. The van der Waals surface area contributed by atoms with Crippen molar-refractivity contribution in [2.75, 3.05) is 56.3 Å². The molecule has 4 fully saturated rings. The second kappa shape index (κ2) is 19.6. The largest absolute Gasteiger partial charge is 0.298 e. The number of carbonyl (C=O) groups excluding carboxylic acids is 4. The number of hydrogen-bond acceptors (Lipinski definition) is 7. The Morgan fingerprint density at radius 3 is 0.833 bits per heavy atom. The molecule has 0 amide bonds. The molecule has 0 aromatic rings. The van der Waals surface area contributed by atoms with Gasteiger partial charge in [0, 0.05) is 25.7 Å². The van der Waals surface area contributed by atoms with Crippen LogP contribution in [-0.2, 0) is 32.9 Å². The van der Waals surface area contributed by atoms with Gasteiger partial charge in [-0.25, -0.2) is 3.63 Å². The second-order valence-corrected chi connectivity index (χ2v) is 29.2. The summed E-state index contributed by atoms with van der Waals surface area (Å²) >= 11 is 0. The molecule has 0 spiro atoms. The highest BCUT2D eigenvalue weighted by atomic mass is 32.3. The summed E-state index contributed by atoms with van der Waals surface area (Å²) in [5.41, 5.74) is 0. The highest BCUT2D eigenvalue weighted by Gasteiger charge is 2.37. The molecule has 0 aromatic carbocycles. The van der Waals surface area contributed by atoms with Crippen LogP contribution in [0.15, 0.2) is 0 Å². The number of ketones is 4. The predicted molar refractivity (Wildman–Crippen MR) is 206 cm³/mol. The minimum absolute atomic E-state index is 0.152. The van der Waals surface area contributed by atoms with Crippen molar-refractivity contribution in [2.24, 2.45) is 0 Å².